The number of carbonyl (C=O) groups is 1. The second-order valence-corrected chi connectivity index (χ2v) is 7.83. The Morgan fingerprint density at radius 3 is 2.25 bits per heavy atom. The summed E-state index contributed by atoms with van der Waals surface area (Å²) in [6.07, 6.45) is 3.48. The predicted molar refractivity (Wildman–Crippen MR) is 95.6 cm³/mol. The number of nitrogens with one attached hydrogen (secondary N) is 1. The van der Waals surface area contributed by atoms with Gasteiger partial charge in [-0.1, -0.05) is 30.3 Å². The quantitative estimate of drug-likeness (QED) is 0.876. The molecule has 1 aliphatic rings. The van der Waals surface area contributed by atoms with Crippen LogP contribution in [0.5, 0.6) is 0 Å². The van der Waals surface area contributed by atoms with Gasteiger partial charge >= 0.3 is 0 Å². The third-order valence-corrected chi connectivity index (χ3v) is 4.43. The number of hydrogen-bond donors (Lipinski definition) is 1. The number of benzene rings is 2. The number of amides is 1. The Bertz CT molecular complexity index is 813. The summed E-state index contributed by atoms with van der Waals surface area (Å²) < 4.78 is 25.0. The van der Waals surface area contributed by atoms with E-state index in [0.717, 1.165) is 30.3 Å². The monoisotopic (exact) mass is 344 g/mol. The highest BCUT2D eigenvalue weighted by Gasteiger charge is 2.33. The number of rotatable bonds is 6. The lowest BCUT2D eigenvalue weighted by Crippen LogP contribution is -2.34. The molecule has 0 spiro atoms. The van der Waals surface area contributed by atoms with Crippen LogP contribution in [-0.4, -0.2) is 26.6 Å². The van der Waals surface area contributed by atoms with E-state index in [4.69, 9.17) is 0 Å². The van der Waals surface area contributed by atoms with E-state index in [-0.39, 0.29) is 11.9 Å². The lowest BCUT2D eigenvalue weighted by molar-refractivity contribution is -0.118. The zero-order chi connectivity index (χ0) is 17.2. The van der Waals surface area contributed by atoms with Gasteiger partial charge in [0.2, 0.25) is 15.9 Å². The molecule has 24 heavy (non-hydrogen) atoms. The molecule has 1 aliphatic carbocycles. The molecule has 0 unspecified atom stereocenters. The maximum absolute atomic E-state index is 12.7. The van der Waals surface area contributed by atoms with Gasteiger partial charge in [-0.05, 0) is 42.7 Å². The van der Waals surface area contributed by atoms with Crippen molar-refractivity contribution >= 4 is 27.3 Å². The second-order valence-electron chi connectivity index (χ2n) is 6.08. The number of carbonyl (C=O) groups excluding carboxylic acids is 1. The summed E-state index contributed by atoms with van der Waals surface area (Å²) in [6, 6.07) is 16.9. The van der Waals surface area contributed by atoms with Crippen LogP contribution in [-0.2, 0) is 21.2 Å². The maximum atomic E-state index is 12.7. The van der Waals surface area contributed by atoms with Crippen LogP contribution in [0.15, 0.2) is 54.6 Å². The summed E-state index contributed by atoms with van der Waals surface area (Å²) >= 11 is 0. The summed E-state index contributed by atoms with van der Waals surface area (Å²) in [5.74, 6) is 0.0625. The van der Waals surface area contributed by atoms with Crippen LogP contribution in [0.2, 0.25) is 0 Å². The average molecular weight is 344 g/mol. The van der Waals surface area contributed by atoms with Crippen LogP contribution in [0.25, 0.3) is 0 Å². The van der Waals surface area contributed by atoms with Crippen molar-refractivity contribution in [2.75, 3.05) is 15.9 Å². The zero-order valence-corrected chi connectivity index (χ0v) is 14.3. The maximum Gasteiger partial charge on any atom is 0.231 e. The Morgan fingerprint density at radius 1 is 1.08 bits per heavy atom. The molecule has 1 N–H and O–H groups in total. The molecule has 0 saturated heterocycles. The average Bonchev–Trinajstić information content (AvgIpc) is 3.33. The molecule has 0 aromatic heterocycles. The van der Waals surface area contributed by atoms with Crippen molar-refractivity contribution in [1.29, 1.82) is 0 Å². The molecule has 126 valence electrons. The van der Waals surface area contributed by atoms with Crippen molar-refractivity contribution in [1.82, 2.24) is 0 Å². The van der Waals surface area contributed by atoms with E-state index in [2.05, 4.69) is 4.72 Å². The first-order valence-corrected chi connectivity index (χ1v) is 9.75. The minimum atomic E-state index is -3.30. The van der Waals surface area contributed by atoms with Crippen molar-refractivity contribution in [3.05, 3.63) is 60.2 Å². The summed E-state index contributed by atoms with van der Waals surface area (Å²) in [7, 11) is -3.30. The molecular weight excluding hydrogens is 324 g/mol. The number of hydrogen-bond acceptors (Lipinski definition) is 3. The van der Waals surface area contributed by atoms with Gasteiger partial charge in [0.05, 0.1) is 12.7 Å². The topological polar surface area (TPSA) is 66.5 Å². The minimum Gasteiger partial charge on any atom is -0.309 e. The van der Waals surface area contributed by atoms with Crippen LogP contribution >= 0.6 is 0 Å². The van der Waals surface area contributed by atoms with Gasteiger partial charge in [-0.3, -0.25) is 9.52 Å². The van der Waals surface area contributed by atoms with E-state index in [0.29, 0.717) is 12.1 Å². The molecule has 0 bridgehead atoms. The van der Waals surface area contributed by atoms with Gasteiger partial charge in [-0.2, -0.15) is 0 Å². The van der Waals surface area contributed by atoms with Gasteiger partial charge in [0.15, 0.2) is 0 Å². The van der Waals surface area contributed by atoms with E-state index >= 15 is 0 Å². The molecule has 5 nitrogen and oxygen atoms in total. The zero-order valence-electron chi connectivity index (χ0n) is 13.5. The molecule has 2 aromatic carbocycles. The first-order valence-electron chi connectivity index (χ1n) is 7.86. The fraction of sp³-hybridized carbons (Fsp3) is 0.278. The van der Waals surface area contributed by atoms with Crippen LogP contribution in [0.1, 0.15) is 18.4 Å². The van der Waals surface area contributed by atoms with Crippen LogP contribution in [0, 0.1) is 0 Å². The Morgan fingerprint density at radius 2 is 1.71 bits per heavy atom. The van der Waals surface area contributed by atoms with Crippen molar-refractivity contribution < 1.29 is 13.2 Å². The first kappa shape index (κ1) is 16.5. The fourth-order valence-electron chi connectivity index (χ4n) is 2.65. The van der Waals surface area contributed by atoms with Gasteiger partial charge in [0.25, 0.3) is 0 Å². The molecule has 0 aliphatic heterocycles. The molecule has 6 heteroatoms. The van der Waals surface area contributed by atoms with Crippen LogP contribution in [0.3, 0.4) is 0 Å². The smallest absolute Gasteiger partial charge is 0.231 e. The predicted octanol–water partition coefficient (Wildman–Crippen LogP) is 2.80. The Labute approximate surface area is 142 Å². The van der Waals surface area contributed by atoms with E-state index in [1.807, 2.05) is 35.2 Å². The lowest BCUT2D eigenvalue weighted by atomic mass is 10.1. The minimum absolute atomic E-state index is 0.0625. The summed E-state index contributed by atoms with van der Waals surface area (Å²) in [4.78, 5) is 14.6. The van der Waals surface area contributed by atoms with Crippen molar-refractivity contribution in [3.63, 3.8) is 0 Å². The largest absolute Gasteiger partial charge is 0.309 e. The van der Waals surface area contributed by atoms with Gasteiger partial charge in [-0.25, -0.2) is 8.42 Å². The van der Waals surface area contributed by atoms with E-state index in [1.165, 1.54) is 0 Å². The highest BCUT2D eigenvalue weighted by Crippen LogP contribution is 2.33. The second kappa shape index (κ2) is 6.65. The van der Waals surface area contributed by atoms with Gasteiger partial charge in [0.1, 0.15) is 0 Å². The van der Waals surface area contributed by atoms with Crippen molar-refractivity contribution in [2.24, 2.45) is 0 Å². The summed E-state index contributed by atoms with van der Waals surface area (Å²) in [6.45, 7) is 0. The lowest BCUT2D eigenvalue weighted by Gasteiger charge is -2.23. The standard InChI is InChI=1S/C18H20N2O3S/c1-24(22,23)19-15-7-9-16(10-8-15)20(17-11-12-17)18(21)13-14-5-3-2-4-6-14/h2-10,17,19H,11-13H2,1H3. The summed E-state index contributed by atoms with van der Waals surface area (Å²) in [5, 5.41) is 0. The molecule has 0 heterocycles. The van der Waals surface area contributed by atoms with E-state index in [9.17, 15) is 13.2 Å². The highest BCUT2D eigenvalue weighted by atomic mass is 32.2. The fourth-order valence-corrected chi connectivity index (χ4v) is 3.22. The molecule has 3 rings (SSSR count). The molecule has 0 atom stereocenters. The molecular formula is C18H20N2O3S. The Balaban J connectivity index is 1.77. The molecule has 1 fully saturated rings. The number of anilines is 2. The van der Waals surface area contributed by atoms with Gasteiger partial charge in [0, 0.05) is 17.4 Å². The van der Waals surface area contributed by atoms with Gasteiger partial charge in [-0.15, -0.1) is 0 Å². The van der Waals surface area contributed by atoms with Crippen LogP contribution < -0.4 is 9.62 Å². The number of nitrogens with zero attached hydrogens (tertiary/aromatic N) is 1. The summed E-state index contributed by atoms with van der Waals surface area (Å²) in [5.41, 5.74) is 2.29. The highest BCUT2D eigenvalue weighted by molar-refractivity contribution is 7.92. The molecule has 2 aromatic rings. The van der Waals surface area contributed by atoms with Gasteiger partial charge < -0.3 is 4.90 Å². The SMILES string of the molecule is CS(=O)(=O)Nc1ccc(N(C(=O)Cc2ccccc2)C2CC2)cc1. The van der Waals surface area contributed by atoms with Crippen molar-refractivity contribution in [2.45, 2.75) is 25.3 Å². The Kier molecular flexibility index (Phi) is 4.57. The molecule has 1 amide bonds. The third kappa shape index (κ3) is 4.35. The molecule has 1 saturated carbocycles. The van der Waals surface area contributed by atoms with E-state index in [1.54, 1.807) is 24.3 Å². The molecule has 0 radical (unpaired) electrons. The normalized spacial score (nSPS) is 14.2. The number of sulfonamides is 1. The Hall–Kier alpha value is -2.34. The third-order valence-electron chi connectivity index (χ3n) is 3.83. The first-order chi connectivity index (χ1) is 11.4. The van der Waals surface area contributed by atoms with Crippen molar-refractivity contribution in [3.8, 4) is 0 Å². The van der Waals surface area contributed by atoms with E-state index < -0.39 is 10.0 Å². The van der Waals surface area contributed by atoms with Crippen LogP contribution in [0.4, 0.5) is 11.4 Å².